The maximum atomic E-state index is 12.8. The molecule has 17 heavy (non-hydrogen) atoms. The Labute approximate surface area is 107 Å². The fourth-order valence-electron chi connectivity index (χ4n) is 2.37. The first-order valence-corrected chi connectivity index (χ1v) is 7.30. The normalized spacial score (nSPS) is 26.1. The van der Waals surface area contributed by atoms with Crippen molar-refractivity contribution >= 4 is 11.8 Å². The van der Waals surface area contributed by atoms with Gasteiger partial charge in [-0.05, 0) is 37.5 Å². The van der Waals surface area contributed by atoms with E-state index in [1.807, 2.05) is 23.9 Å². The van der Waals surface area contributed by atoms with Gasteiger partial charge in [0.05, 0.1) is 0 Å². The van der Waals surface area contributed by atoms with Crippen molar-refractivity contribution in [2.24, 2.45) is 0 Å². The smallest absolute Gasteiger partial charge is 0.123 e. The minimum absolute atomic E-state index is 0.157. The second-order valence-corrected chi connectivity index (χ2v) is 6.45. The minimum Gasteiger partial charge on any atom is -0.310 e. The van der Waals surface area contributed by atoms with Gasteiger partial charge in [-0.2, -0.15) is 11.8 Å². The summed E-state index contributed by atoms with van der Waals surface area (Å²) in [7, 11) is 0. The molecular weight excluding hydrogens is 233 g/mol. The lowest BCUT2D eigenvalue weighted by atomic mass is 10.1. The zero-order valence-corrected chi connectivity index (χ0v) is 11.3. The van der Waals surface area contributed by atoms with Gasteiger partial charge >= 0.3 is 0 Å². The number of benzene rings is 1. The van der Waals surface area contributed by atoms with Crippen molar-refractivity contribution in [1.82, 2.24) is 5.32 Å². The average Bonchev–Trinajstić information content (AvgIpc) is 2.67. The summed E-state index contributed by atoms with van der Waals surface area (Å²) in [6, 6.07) is 7.92. The van der Waals surface area contributed by atoms with E-state index in [1.54, 1.807) is 0 Å². The van der Waals surface area contributed by atoms with Gasteiger partial charge in [-0.25, -0.2) is 4.39 Å². The van der Waals surface area contributed by atoms with Crippen LogP contribution in [0.15, 0.2) is 24.3 Å². The second kappa shape index (κ2) is 5.87. The van der Waals surface area contributed by atoms with Gasteiger partial charge in [0, 0.05) is 23.1 Å². The molecule has 3 atom stereocenters. The maximum absolute atomic E-state index is 12.8. The van der Waals surface area contributed by atoms with Crippen LogP contribution in [-0.2, 0) is 6.42 Å². The van der Waals surface area contributed by atoms with Crippen molar-refractivity contribution < 1.29 is 4.39 Å². The van der Waals surface area contributed by atoms with Gasteiger partial charge in [-0.3, -0.25) is 0 Å². The molecule has 0 amide bonds. The molecule has 1 aromatic carbocycles. The highest BCUT2D eigenvalue weighted by molar-refractivity contribution is 8.00. The van der Waals surface area contributed by atoms with Gasteiger partial charge in [0.25, 0.3) is 0 Å². The molecule has 1 aliphatic rings. The summed E-state index contributed by atoms with van der Waals surface area (Å²) in [5, 5.41) is 4.44. The lowest BCUT2D eigenvalue weighted by molar-refractivity contribution is 0.460. The molecule has 0 saturated carbocycles. The molecule has 1 fully saturated rings. The number of thioether (sulfide) groups is 1. The molecule has 1 heterocycles. The summed E-state index contributed by atoms with van der Waals surface area (Å²) >= 11 is 2.04. The molecule has 1 saturated heterocycles. The summed E-state index contributed by atoms with van der Waals surface area (Å²) in [6.45, 7) is 4.49. The number of hydrogen-bond acceptors (Lipinski definition) is 2. The third-order valence-corrected chi connectivity index (χ3v) is 4.53. The van der Waals surface area contributed by atoms with Crippen molar-refractivity contribution in [2.45, 2.75) is 44.0 Å². The largest absolute Gasteiger partial charge is 0.310 e. The Morgan fingerprint density at radius 2 is 2.12 bits per heavy atom. The van der Waals surface area contributed by atoms with Crippen molar-refractivity contribution in [3.8, 4) is 0 Å². The Kier molecular flexibility index (Phi) is 4.46. The summed E-state index contributed by atoms with van der Waals surface area (Å²) in [5.74, 6) is 1.06. The first-order valence-electron chi connectivity index (χ1n) is 6.25. The monoisotopic (exact) mass is 253 g/mol. The predicted octanol–water partition coefficient (Wildman–Crippen LogP) is 3.24. The van der Waals surface area contributed by atoms with E-state index >= 15 is 0 Å². The number of hydrogen-bond donors (Lipinski definition) is 1. The Balaban J connectivity index is 1.80. The van der Waals surface area contributed by atoms with Crippen LogP contribution in [0, 0.1) is 5.82 Å². The third-order valence-electron chi connectivity index (χ3n) is 3.17. The van der Waals surface area contributed by atoms with Crippen LogP contribution in [0.5, 0.6) is 0 Å². The number of nitrogens with one attached hydrogen (secondary N) is 1. The van der Waals surface area contributed by atoms with Crippen molar-refractivity contribution in [3.05, 3.63) is 35.6 Å². The van der Waals surface area contributed by atoms with Crippen LogP contribution in [0.3, 0.4) is 0 Å². The Morgan fingerprint density at radius 3 is 2.71 bits per heavy atom. The number of halogens is 1. The number of rotatable bonds is 4. The van der Waals surface area contributed by atoms with Gasteiger partial charge in [-0.15, -0.1) is 0 Å². The minimum atomic E-state index is -0.157. The molecule has 0 bridgehead atoms. The SMILES string of the molecule is CC(Cc1ccc(F)cc1)NC1CSC(C)C1. The fourth-order valence-corrected chi connectivity index (χ4v) is 3.53. The van der Waals surface area contributed by atoms with Crippen LogP contribution in [-0.4, -0.2) is 23.1 Å². The molecule has 0 aromatic heterocycles. The van der Waals surface area contributed by atoms with Crippen LogP contribution >= 0.6 is 11.8 Å². The summed E-state index contributed by atoms with van der Waals surface area (Å²) in [6.07, 6.45) is 2.23. The second-order valence-electron chi connectivity index (χ2n) is 4.97. The van der Waals surface area contributed by atoms with Gasteiger partial charge in [0.15, 0.2) is 0 Å². The third kappa shape index (κ3) is 4.00. The maximum Gasteiger partial charge on any atom is 0.123 e. The van der Waals surface area contributed by atoms with Crippen molar-refractivity contribution in [2.75, 3.05) is 5.75 Å². The Morgan fingerprint density at radius 1 is 1.41 bits per heavy atom. The average molecular weight is 253 g/mol. The zero-order valence-electron chi connectivity index (χ0n) is 10.4. The highest BCUT2D eigenvalue weighted by atomic mass is 32.2. The van der Waals surface area contributed by atoms with Gasteiger partial charge < -0.3 is 5.32 Å². The van der Waals surface area contributed by atoms with Crippen molar-refractivity contribution in [1.29, 1.82) is 0 Å². The quantitative estimate of drug-likeness (QED) is 0.884. The molecule has 1 nitrogen and oxygen atoms in total. The molecule has 94 valence electrons. The highest BCUT2D eigenvalue weighted by Gasteiger charge is 2.22. The first-order chi connectivity index (χ1) is 8.13. The summed E-state index contributed by atoms with van der Waals surface area (Å²) in [5.41, 5.74) is 1.20. The fraction of sp³-hybridized carbons (Fsp3) is 0.571. The molecule has 1 aromatic rings. The van der Waals surface area contributed by atoms with E-state index in [2.05, 4.69) is 19.2 Å². The van der Waals surface area contributed by atoms with Crippen LogP contribution in [0.4, 0.5) is 4.39 Å². The van der Waals surface area contributed by atoms with E-state index in [-0.39, 0.29) is 5.82 Å². The lowest BCUT2D eigenvalue weighted by Gasteiger charge is -2.19. The van der Waals surface area contributed by atoms with Gasteiger partial charge in [0.2, 0.25) is 0 Å². The predicted molar refractivity (Wildman–Crippen MR) is 73.0 cm³/mol. The Hall–Kier alpha value is -0.540. The van der Waals surface area contributed by atoms with Crippen LogP contribution in [0.25, 0.3) is 0 Å². The topological polar surface area (TPSA) is 12.0 Å². The molecule has 0 radical (unpaired) electrons. The molecular formula is C14H20FNS. The highest BCUT2D eigenvalue weighted by Crippen LogP contribution is 2.26. The van der Waals surface area contributed by atoms with Crippen LogP contribution in [0.1, 0.15) is 25.8 Å². The van der Waals surface area contributed by atoms with Gasteiger partial charge in [-0.1, -0.05) is 19.1 Å². The van der Waals surface area contributed by atoms with E-state index in [0.717, 1.165) is 11.7 Å². The summed E-state index contributed by atoms with van der Waals surface area (Å²) < 4.78 is 12.8. The molecule has 3 unspecified atom stereocenters. The molecule has 0 aliphatic carbocycles. The van der Waals surface area contributed by atoms with E-state index in [9.17, 15) is 4.39 Å². The van der Waals surface area contributed by atoms with E-state index in [0.29, 0.717) is 12.1 Å². The van der Waals surface area contributed by atoms with Crippen LogP contribution < -0.4 is 5.32 Å². The molecule has 2 rings (SSSR count). The van der Waals surface area contributed by atoms with E-state index in [4.69, 9.17) is 0 Å². The molecule has 3 heteroatoms. The first kappa shape index (κ1) is 12.9. The van der Waals surface area contributed by atoms with E-state index < -0.39 is 0 Å². The molecule has 1 aliphatic heterocycles. The Bertz CT molecular complexity index is 352. The zero-order chi connectivity index (χ0) is 12.3. The van der Waals surface area contributed by atoms with E-state index in [1.165, 1.54) is 29.9 Å². The molecule has 1 N–H and O–H groups in total. The van der Waals surface area contributed by atoms with Crippen molar-refractivity contribution in [3.63, 3.8) is 0 Å². The van der Waals surface area contributed by atoms with Gasteiger partial charge in [0.1, 0.15) is 5.82 Å². The summed E-state index contributed by atoms with van der Waals surface area (Å²) in [4.78, 5) is 0. The molecule has 0 spiro atoms. The van der Waals surface area contributed by atoms with Crippen LogP contribution in [0.2, 0.25) is 0 Å². The lowest BCUT2D eigenvalue weighted by Crippen LogP contribution is -2.37. The standard InChI is InChI=1S/C14H20FNS/c1-10(16-14-8-11(2)17-9-14)7-12-3-5-13(15)6-4-12/h3-6,10-11,14,16H,7-9H2,1-2H3.